The molecule has 2 amide bonds. The fraction of sp³-hybridized carbons (Fsp3) is 0.590. The van der Waals surface area contributed by atoms with Crippen LogP contribution < -0.4 is 10.6 Å². The van der Waals surface area contributed by atoms with Crippen LogP contribution >= 0.6 is 11.6 Å². The van der Waals surface area contributed by atoms with Crippen molar-refractivity contribution in [2.24, 2.45) is 5.92 Å². The van der Waals surface area contributed by atoms with Gasteiger partial charge >= 0.3 is 12.4 Å². The molecule has 3 atom stereocenters. The second kappa shape index (κ2) is 22.7. The number of aldehydes is 2. The minimum atomic E-state index is -4.64. The van der Waals surface area contributed by atoms with Gasteiger partial charge < -0.3 is 15.5 Å². The van der Waals surface area contributed by atoms with E-state index in [0.29, 0.717) is 56.6 Å². The number of likely N-dealkylation sites (N-methyl/N-ethyl adjacent to an activating group) is 1. The molecule has 2 N–H and O–H groups in total. The maximum atomic E-state index is 14.1. The van der Waals surface area contributed by atoms with Crippen LogP contribution in [-0.4, -0.2) is 117 Å². The fourth-order valence-corrected chi connectivity index (χ4v) is 8.50. The van der Waals surface area contributed by atoms with Gasteiger partial charge in [0.05, 0.1) is 6.26 Å². The number of fused-ring (bicyclic) bond motifs is 1. The highest BCUT2D eigenvalue weighted by Crippen LogP contribution is 2.30. The molecule has 0 radical (unpaired) electrons. The Bertz CT molecular complexity index is 1720. The monoisotopic (exact) mass is 867 g/mol. The Hall–Kier alpha value is -3.58. The maximum Gasteiger partial charge on any atom is 0.446 e. The van der Waals surface area contributed by atoms with Crippen LogP contribution in [0.25, 0.3) is 0 Å². The minimum absolute atomic E-state index is 0.0817. The van der Waals surface area contributed by atoms with E-state index in [0.717, 1.165) is 24.1 Å². The van der Waals surface area contributed by atoms with Gasteiger partial charge in [0.15, 0.2) is 0 Å². The average molecular weight is 868 g/mol. The third-order valence-corrected chi connectivity index (χ3v) is 11.9. The van der Waals surface area contributed by atoms with Crippen molar-refractivity contribution >= 4 is 46.0 Å². The number of benzene rings is 2. The Labute approximate surface area is 340 Å². The molecule has 0 aromatic heterocycles. The number of nitrogens with zero attached hydrogens (tertiary/aromatic N) is 3. The van der Waals surface area contributed by atoms with E-state index in [1.807, 2.05) is 36.1 Å². The molecule has 0 spiro atoms. The molecule has 3 aliphatic rings. The van der Waals surface area contributed by atoms with Crippen LogP contribution in [0.2, 0.25) is 5.02 Å². The number of amides is 2. The largest absolute Gasteiger partial charge is 0.446 e. The first-order valence-corrected chi connectivity index (χ1v) is 21.3. The van der Waals surface area contributed by atoms with Gasteiger partial charge in [0.2, 0.25) is 34.4 Å². The fourth-order valence-electron chi connectivity index (χ4n) is 7.46. The Balaban J connectivity index is 0.000000654. The van der Waals surface area contributed by atoms with Gasteiger partial charge in [-0.25, -0.2) is 12.7 Å². The van der Waals surface area contributed by atoms with Gasteiger partial charge in [0.25, 0.3) is 0 Å². The van der Waals surface area contributed by atoms with E-state index in [-0.39, 0.29) is 30.3 Å². The summed E-state index contributed by atoms with van der Waals surface area (Å²) < 4.78 is 89.1. The van der Waals surface area contributed by atoms with Crippen LogP contribution in [0, 0.1) is 5.92 Å². The lowest BCUT2D eigenvalue weighted by Gasteiger charge is -2.42. The lowest BCUT2D eigenvalue weighted by atomic mass is 9.84. The standard InChI is InChI=1S/C35H50ClN5O4S.2C2HF3O/c1-3-41(46(2,44)45)25-30(21-26-9-5-4-6-10-26)39-17-19-40(20-18-39)35(43)33(22-27-13-15-29(36)16-14-27)38-34(42)23-32-31-12-8-7-11-28(31)24-37-32;2*3-2(4,5)1-6/h7-8,11-16,26,30,32-33,37H,3-6,9-10,17-25H2,1-2H3,(H,38,42);2*1H/t30?,32?,33-;;/m1../s1. The molecule has 0 bridgehead atoms. The minimum Gasteiger partial charge on any atom is -0.344 e. The molecule has 11 nitrogen and oxygen atoms in total. The van der Waals surface area contributed by atoms with Gasteiger partial charge in [-0.15, -0.1) is 0 Å². The van der Waals surface area contributed by atoms with Gasteiger partial charge in [-0.3, -0.25) is 24.1 Å². The van der Waals surface area contributed by atoms with E-state index < -0.39 is 41.0 Å². The summed E-state index contributed by atoms with van der Waals surface area (Å²) in [6, 6.07) is 14.9. The number of alkyl halides is 6. The quantitative estimate of drug-likeness (QED) is 0.189. The Morgan fingerprint density at radius 1 is 0.931 bits per heavy atom. The molecular weight excluding hydrogens is 816 g/mol. The third kappa shape index (κ3) is 17.0. The molecule has 2 aromatic rings. The molecule has 1 saturated heterocycles. The zero-order valence-electron chi connectivity index (χ0n) is 32.5. The van der Waals surface area contributed by atoms with Crippen molar-refractivity contribution in [2.75, 3.05) is 45.5 Å². The molecule has 1 saturated carbocycles. The van der Waals surface area contributed by atoms with Crippen molar-refractivity contribution in [1.82, 2.24) is 24.7 Å². The summed E-state index contributed by atoms with van der Waals surface area (Å²) in [5.74, 6) is 0.364. The van der Waals surface area contributed by atoms with E-state index in [2.05, 4.69) is 27.7 Å². The molecule has 1 aliphatic carbocycles. The van der Waals surface area contributed by atoms with E-state index in [1.165, 1.54) is 43.9 Å². The zero-order chi connectivity index (χ0) is 43.1. The van der Waals surface area contributed by atoms with E-state index in [1.54, 1.807) is 16.4 Å². The second-order valence-corrected chi connectivity index (χ2v) is 17.0. The van der Waals surface area contributed by atoms with E-state index >= 15 is 0 Å². The van der Waals surface area contributed by atoms with Gasteiger partial charge in [-0.2, -0.15) is 26.3 Å². The first-order valence-electron chi connectivity index (χ1n) is 19.1. The molecule has 2 aromatic carbocycles. The first-order chi connectivity index (χ1) is 27.2. The lowest BCUT2D eigenvalue weighted by molar-refractivity contribution is -0.156. The highest BCUT2D eigenvalue weighted by molar-refractivity contribution is 7.88. The summed E-state index contributed by atoms with van der Waals surface area (Å²) in [6.45, 7) is 5.98. The number of carbonyl (C=O) groups is 4. The van der Waals surface area contributed by atoms with E-state index in [9.17, 15) is 44.3 Å². The van der Waals surface area contributed by atoms with Crippen molar-refractivity contribution in [3.05, 3.63) is 70.2 Å². The normalized spacial score (nSPS) is 18.8. The molecule has 58 heavy (non-hydrogen) atoms. The van der Waals surface area contributed by atoms with Crippen LogP contribution in [0.4, 0.5) is 26.3 Å². The number of halogens is 7. The SMILES string of the molecule is CCN(CC(CC1CCCCC1)N1CCN(C(=O)[C@@H](Cc2ccc(Cl)cc2)NC(=O)CC2NCc3ccccc32)CC1)S(C)(=O)=O.O=CC(F)(F)F.O=CC(F)(F)F. The Kier molecular flexibility index (Phi) is 19.1. The number of carbonyl (C=O) groups excluding carboxylic acids is 4. The van der Waals surface area contributed by atoms with Crippen LogP contribution in [0.5, 0.6) is 0 Å². The lowest BCUT2D eigenvalue weighted by Crippen LogP contribution is -2.58. The second-order valence-electron chi connectivity index (χ2n) is 14.6. The summed E-state index contributed by atoms with van der Waals surface area (Å²) >= 11 is 6.13. The summed E-state index contributed by atoms with van der Waals surface area (Å²) in [5, 5.41) is 7.14. The van der Waals surface area contributed by atoms with Gasteiger partial charge in [-0.1, -0.05) is 87.0 Å². The van der Waals surface area contributed by atoms with Crippen LogP contribution in [0.15, 0.2) is 48.5 Å². The zero-order valence-corrected chi connectivity index (χ0v) is 34.1. The number of nitrogens with one attached hydrogen (secondary N) is 2. The maximum absolute atomic E-state index is 14.1. The van der Waals surface area contributed by atoms with Gasteiger partial charge in [-0.05, 0) is 41.2 Å². The molecule has 2 heterocycles. The Morgan fingerprint density at radius 3 is 2.03 bits per heavy atom. The number of sulfonamides is 1. The predicted octanol–water partition coefficient (Wildman–Crippen LogP) is 5.86. The van der Waals surface area contributed by atoms with Crippen LogP contribution in [0.1, 0.15) is 74.6 Å². The van der Waals surface area contributed by atoms with Crippen molar-refractivity contribution in [3.63, 3.8) is 0 Å². The van der Waals surface area contributed by atoms with Crippen LogP contribution in [-0.2, 0) is 42.2 Å². The highest BCUT2D eigenvalue weighted by Gasteiger charge is 2.34. The molecule has 2 fully saturated rings. The van der Waals surface area contributed by atoms with Crippen molar-refractivity contribution < 1.29 is 53.9 Å². The molecule has 5 rings (SSSR count). The summed E-state index contributed by atoms with van der Waals surface area (Å²) in [6.07, 6.45) is -2.32. The molecule has 2 aliphatic heterocycles. The molecule has 324 valence electrons. The Morgan fingerprint density at radius 2 is 1.50 bits per heavy atom. The van der Waals surface area contributed by atoms with Crippen molar-refractivity contribution in [1.29, 1.82) is 0 Å². The average Bonchev–Trinajstić information content (AvgIpc) is 3.59. The van der Waals surface area contributed by atoms with Crippen molar-refractivity contribution in [2.45, 2.75) is 95.3 Å². The molecular formula is C39H52ClF6N5O6S. The number of hydrogen-bond donors (Lipinski definition) is 2. The number of rotatable bonds is 13. The van der Waals surface area contributed by atoms with Gasteiger partial charge in [0.1, 0.15) is 6.04 Å². The summed E-state index contributed by atoms with van der Waals surface area (Å²) in [7, 11) is -3.31. The predicted molar refractivity (Wildman–Crippen MR) is 207 cm³/mol. The summed E-state index contributed by atoms with van der Waals surface area (Å²) in [4.78, 5) is 49.1. The van der Waals surface area contributed by atoms with Crippen molar-refractivity contribution in [3.8, 4) is 0 Å². The van der Waals surface area contributed by atoms with Gasteiger partial charge in [0, 0.05) is 75.8 Å². The number of piperazine rings is 1. The number of hydrogen-bond acceptors (Lipinski definition) is 8. The molecule has 2 unspecified atom stereocenters. The highest BCUT2D eigenvalue weighted by atomic mass is 35.5. The molecule has 19 heteroatoms. The summed E-state index contributed by atoms with van der Waals surface area (Å²) in [5.41, 5.74) is 3.26. The van der Waals surface area contributed by atoms with E-state index in [4.69, 9.17) is 21.2 Å². The van der Waals surface area contributed by atoms with Crippen LogP contribution in [0.3, 0.4) is 0 Å². The smallest absolute Gasteiger partial charge is 0.344 e. The topological polar surface area (TPSA) is 136 Å². The first kappa shape index (κ1) is 48.8. The third-order valence-electron chi connectivity index (χ3n) is 10.3.